The van der Waals surface area contributed by atoms with Gasteiger partial charge in [0, 0.05) is 16.7 Å². The quantitative estimate of drug-likeness (QED) is 0.645. The van der Waals surface area contributed by atoms with Crippen molar-refractivity contribution in [1.29, 1.82) is 0 Å². The predicted molar refractivity (Wildman–Crippen MR) is 81.2 cm³/mol. The lowest BCUT2D eigenvalue weighted by Crippen LogP contribution is -2.22. The van der Waals surface area contributed by atoms with Gasteiger partial charge in [0.2, 0.25) is 0 Å². The lowest BCUT2D eigenvalue weighted by molar-refractivity contribution is -0.148. The zero-order valence-corrected chi connectivity index (χ0v) is 12.8. The fourth-order valence-electron chi connectivity index (χ4n) is 1.70. The molecule has 0 aliphatic carbocycles. The van der Waals surface area contributed by atoms with Crippen LogP contribution in [0.4, 0.5) is 0 Å². The number of benzene rings is 1. The van der Waals surface area contributed by atoms with Crippen molar-refractivity contribution in [1.82, 2.24) is 15.0 Å². The van der Waals surface area contributed by atoms with Gasteiger partial charge in [-0.15, -0.1) is 5.10 Å². The number of carbonyl (C=O) groups excluding carboxylic acids is 1. The van der Waals surface area contributed by atoms with Crippen LogP contribution in [0.25, 0.3) is 11.8 Å². The van der Waals surface area contributed by atoms with Gasteiger partial charge < -0.3 is 4.74 Å². The van der Waals surface area contributed by atoms with Crippen molar-refractivity contribution in [3.8, 4) is 5.69 Å². The molecule has 0 atom stereocenters. The summed E-state index contributed by atoms with van der Waals surface area (Å²) in [5.74, 6) is -0.410. The van der Waals surface area contributed by atoms with E-state index in [0.29, 0.717) is 5.02 Å². The summed E-state index contributed by atoms with van der Waals surface area (Å²) in [5.41, 5.74) is 1.00. The van der Waals surface area contributed by atoms with Gasteiger partial charge in [-0.1, -0.05) is 16.8 Å². The highest BCUT2D eigenvalue weighted by atomic mass is 35.5. The molecule has 0 spiro atoms. The molecule has 0 aliphatic heterocycles. The van der Waals surface area contributed by atoms with E-state index in [-0.39, 0.29) is 0 Å². The zero-order valence-electron chi connectivity index (χ0n) is 12.1. The fraction of sp³-hybridized carbons (Fsp3) is 0.267. The van der Waals surface area contributed by atoms with Gasteiger partial charge >= 0.3 is 5.97 Å². The van der Waals surface area contributed by atoms with Crippen LogP contribution in [0, 0.1) is 0 Å². The summed E-state index contributed by atoms with van der Waals surface area (Å²) in [6.45, 7) is 5.46. The Bertz CT molecular complexity index is 658. The first-order chi connectivity index (χ1) is 9.85. The van der Waals surface area contributed by atoms with Gasteiger partial charge in [-0.05, 0) is 45.0 Å². The summed E-state index contributed by atoms with van der Waals surface area (Å²) in [4.78, 5) is 11.7. The number of esters is 1. The van der Waals surface area contributed by atoms with Crippen LogP contribution in [-0.2, 0) is 9.53 Å². The van der Waals surface area contributed by atoms with Crippen molar-refractivity contribution in [3.63, 3.8) is 0 Å². The van der Waals surface area contributed by atoms with Gasteiger partial charge in [-0.3, -0.25) is 0 Å². The molecule has 1 aromatic carbocycles. The van der Waals surface area contributed by atoms with Crippen molar-refractivity contribution in [2.45, 2.75) is 26.4 Å². The fourth-order valence-corrected chi connectivity index (χ4v) is 1.88. The number of hydrogen-bond acceptors (Lipinski definition) is 4. The van der Waals surface area contributed by atoms with Crippen LogP contribution < -0.4 is 0 Å². The molecule has 0 amide bonds. The normalized spacial score (nSPS) is 11.8. The van der Waals surface area contributed by atoms with Gasteiger partial charge in [0.25, 0.3) is 0 Å². The van der Waals surface area contributed by atoms with E-state index in [2.05, 4.69) is 10.3 Å². The van der Waals surface area contributed by atoms with Crippen LogP contribution in [-0.4, -0.2) is 26.6 Å². The number of aromatic nitrogens is 3. The summed E-state index contributed by atoms with van der Waals surface area (Å²) in [6, 6.07) is 5.31. The summed E-state index contributed by atoms with van der Waals surface area (Å²) in [6.07, 6.45) is 6.32. The van der Waals surface area contributed by atoms with Crippen LogP contribution in [0.3, 0.4) is 0 Å². The Morgan fingerprint density at radius 1 is 1.38 bits per heavy atom. The average Bonchev–Trinajstić information content (AvgIpc) is 2.88. The van der Waals surface area contributed by atoms with Crippen LogP contribution in [0.5, 0.6) is 0 Å². The Morgan fingerprint density at radius 3 is 2.76 bits per heavy atom. The molecule has 1 heterocycles. The molecule has 6 heteroatoms. The molecule has 2 rings (SSSR count). The highest BCUT2D eigenvalue weighted by molar-refractivity contribution is 6.30. The first-order valence-electron chi connectivity index (χ1n) is 6.42. The maximum Gasteiger partial charge on any atom is 0.331 e. The molecule has 0 aliphatic rings. The molecule has 2 aromatic rings. The van der Waals surface area contributed by atoms with Crippen molar-refractivity contribution >= 4 is 23.6 Å². The molecule has 0 N–H and O–H groups in total. The molecule has 0 saturated carbocycles. The highest BCUT2D eigenvalue weighted by Gasteiger charge is 2.14. The number of rotatable bonds is 3. The van der Waals surface area contributed by atoms with Crippen molar-refractivity contribution in [3.05, 3.63) is 47.3 Å². The number of hydrogen-bond donors (Lipinski definition) is 0. The molecule has 0 fully saturated rings. The van der Waals surface area contributed by atoms with E-state index in [0.717, 1.165) is 11.3 Å². The van der Waals surface area contributed by atoms with Gasteiger partial charge in [-0.2, -0.15) is 0 Å². The van der Waals surface area contributed by atoms with Gasteiger partial charge in [0.1, 0.15) is 5.60 Å². The van der Waals surface area contributed by atoms with Crippen LogP contribution in [0.1, 0.15) is 26.3 Å². The second-order valence-corrected chi connectivity index (χ2v) is 5.85. The van der Waals surface area contributed by atoms with E-state index in [1.807, 2.05) is 26.8 Å². The Balaban J connectivity index is 2.27. The summed E-state index contributed by atoms with van der Waals surface area (Å²) in [7, 11) is 0. The third-order valence-corrected chi connectivity index (χ3v) is 2.70. The van der Waals surface area contributed by atoms with E-state index >= 15 is 0 Å². The minimum Gasteiger partial charge on any atom is -0.457 e. The number of halogens is 1. The molecule has 21 heavy (non-hydrogen) atoms. The summed E-state index contributed by atoms with van der Waals surface area (Å²) < 4.78 is 6.83. The van der Waals surface area contributed by atoms with Crippen LogP contribution in [0.15, 0.2) is 36.7 Å². The van der Waals surface area contributed by atoms with E-state index in [9.17, 15) is 4.79 Å². The zero-order chi connectivity index (χ0) is 15.5. The minimum absolute atomic E-state index is 0.410. The monoisotopic (exact) mass is 305 g/mol. The Morgan fingerprint density at radius 2 is 2.14 bits per heavy atom. The molecule has 0 radical (unpaired) electrons. The summed E-state index contributed by atoms with van der Waals surface area (Å²) in [5, 5.41) is 8.28. The molecule has 1 aromatic heterocycles. The van der Waals surface area contributed by atoms with E-state index < -0.39 is 11.6 Å². The third kappa shape index (κ3) is 4.43. The second-order valence-electron chi connectivity index (χ2n) is 5.42. The third-order valence-electron chi connectivity index (χ3n) is 2.46. The first kappa shape index (κ1) is 15.3. The standard InChI is InChI=1S/C15H16ClN3O2/c1-15(2,3)21-14(20)7-4-11-10-12(16)5-6-13(11)19-9-8-17-18-19/h4-10H,1-3H3. The maximum atomic E-state index is 11.7. The van der Waals surface area contributed by atoms with Gasteiger partial charge in [0.05, 0.1) is 18.1 Å². The molecule has 0 bridgehead atoms. The SMILES string of the molecule is CC(C)(C)OC(=O)C=Cc1cc(Cl)ccc1-n1ccnn1. The highest BCUT2D eigenvalue weighted by Crippen LogP contribution is 2.20. The number of carbonyl (C=O) groups is 1. The van der Waals surface area contributed by atoms with Crippen molar-refractivity contribution in [2.24, 2.45) is 0 Å². The van der Waals surface area contributed by atoms with Gasteiger partial charge in [0.15, 0.2) is 0 Å². The van der Waals surface area contributed by atoms with E-state index in [1.54, 1.807) is 35.3 Å². The van der Waals surface area contributed by atoms with Crippen molar-refractivity contribution in [2.75, 3.05) is 0 Å². The predicted octanol–water partition coefficient (Wildman–Crippen LogP) is 3.28. The topological polar surface area (TPSA) is 57.0 Å². The largest absolute Gasteiger partial charge is 0.457 e. The Kier molecular flexibility index (Phi) is 4.43. The number of nitrogens with zero attached hydrogens (tertiary/aromatic N) is 3. The minimum atomic E-state index is -0.523. The number of ether oxygens (including phenoxy) is 1. The molecule has 0 unspecified atom stereocenters. The molecular formula is C15H16ClN3O2. The molecule has 5 nitrogen and oxygen atoms in total. The lowest BCUT2D eigenvalue weighted by Gasteiger charge is -2.18. The van der Waals surface area contributed by atoms with Crippen LogP contribution >= 0.6 is 11.6 Å². The average molecular weight is 306 g/mol. The van der Waals surface area contributed by atoms with E-state index in [1.165, 1.54) is 6.08 Å². The molecule has 0 saturated heterocycles. The Hall–Kier alpha value is -2.14. The van der Waals surface area contributed by atoms with Crippen molar-refractivity contribution < 1.29 is 9.53 Å². The first-order valence-corrected chi connectivity index (χ1v) is 6.80. The maximum absolute atomic E-state index is 11.7. The molecule has 110 valence electrons. The smallest absolute Gasteiger partial charge is 0.331 e. The van der Waals surface area contributed by atoms with Gasteiger partial charge in [-0.25, -0.2) is 9.48 Å². The molecular weight excluding hydrogens is 290 g/mol. The van der Waals surface area contributed by atoms with E-state index in [4.69, 9.17) is 16.3 Å². The lowest BCUT2D eigenvalue weighted by atomic mass is 10.1. The second kappa shape index (κ2) is 6.10. The Labute approximate surface area is 128 Å². The van der Waals surface area contributed by atoms with Crippen LogP contribution in [0.2, 0.25) is 5.02 Å². The summed E-state index contributed by atoms with van der Waals surface area (Å²) >= 11 is 6.00.